The molecular formula is C15H18IN3O. The normalized spacial score (nSPS) is 22.2. The quantitative estimate of drug-likeness (QED) is 0.709. The maximum atomic E-state index is 5.94. The lowest BCUT2D eigenvalue weighted by molar-refractivity contribution is -0.0751. The first-order chi connectivity index (χ1) is 9.43. The molecule has 0 aliphatic carbocycles. The summed E-state index contributed by atoms with van der Waals surface area (Å²) < 4.78 is 7.12. The number of halogens is 1. The van der Waals surface area contributed by atoms with Crippen molar-refractivity contribution in [3.63, 3.8) is 0 Å². The molecule has 106 valence electrons. The zero-order valence-corrected chi connectivity index (χ0v) is 14.1. The second-order valence-electron chi connectivity index (χ2n) is 5.93. The molecule has 0 bridgehead atoms. The number of hydrogen-bond acceptors (Lipinski definition) is 4. The molecule has 1 fully saturated rings. The first-order valence-electron chi connectivity index (χ1n) is 6.78. The molecule has 2 aromatic rings. The van der Waals surface area contributed by atoms with Gasteiger partial charge in [-0.25, -0.2) is 4.98 Å². The van der Waals surface area contributed by atoms with Crippen LogP contribution in [0.25, 0.3) is 11.0 Å². The second kappa shape index (κ2) is 5.11. The van der Waals surface area contributed by atoms with Gasteiger partial charge in [-0.05, 0) is 61.6 Å². The third kappa shape index (κ3) is 2.88. The van der Waals surface area contributed by atoms with Gasteiger partial charge in [0.2, 0.25) is 0 Å². The molecule has 5 heteroatoms. The minimum Gasteiger partial charge on any atom is -0.369 e. The molecule has 1 aromatic heterocycles. The molecule has 0 amide bonds. The van der Waals surface area contributed by atoms with Crippen molar-refractivity contribution in [3.05, 3.63) is 28.0 Å². The largest absolute Gasteiger partial charge is 0.369 e. The number of nitrogens with zero attached hydrogens (tertiary/aromatic N) is 3. The van der Waals surface area contributed by atoms with E-state index < -0.39 is 0 Å². The minimum atomic E-state index is -0.153. The fourth-order valence-corrected chi connectivity index (χ4v) is 3.23. The van der Waals surface area contributed by atoms with Gasteiger partial charge in [-0.2, -0.15) is 0 Å². The Balaban J connectivity index is 1.97. The molecule has 1 atom stereocenters. The van der Waals surface area contributed by atoms with Crippen molar-refractivity contribution >= 4 is 39.4 Å². The molecule has 20 heavy (non-hydrogen) atoms. The third-order valence-corrected chi connectivity index (χ3v) is 4.06. The predicted molar refractivity (Wildman–Crippen MR) is 89.1 cm³/mol. The van der Waals surface area contributed by atoms with Crippen LogP contribution in [-0.4, -0.2) is 34.8 Å². The number of anilines is 1. The van der Waals surface area contributed by atoms with Crippen molar-refractivity contribution in [1.29, 1.82) is 0 Å². The van der Waals surface area contributed by atoms with Crippen LogP contribution in [0.4, 0.5) is 5.82 Å². The van der Waals surface area contributed by atoms with Gasteiger partial charge in [0, 0.05) is 16.7 Å². The summed E-state index contributed by atoms with van der Waals surface area (Å²) in [5.41, 5.74) is 1.74. The predicted octanol–water partition coefficient (Wildman–Crippen LogP) is 3.24. The number of ether oxygens (including phenoxy) is 1. The van der Waals surface area contributed by atoms with Gasteiger partial charge in [-0.15, -0.1) is 0 Å². The summed E-state index contributed by atoms with van der Waals surface area (Å²) in [6, 6.07) is 6.14. The number of benzene rings is 1. The van der Waals surface area contributed by atoms with E-state index in [-0.39, 0.29) is 11.7 Å². The van der Waals surface area contributed by atoms with Gasteiger partial charge in [0.05, 0.1) is 28.9 Å². The molecule has 0 radical (unpaired) electrons. The van der Waals surface area contributed by atoms with E-state index in [4.69, 9.17) is 9.72 Å². The first kappa shape index (κ1) is 14.0. The zero-order valence-electron chi connectivity index (χ0n) is 11.9. The Morgan fingerprint density at radius 3 is 2.90 bits per heavy atom. The highest BCUT2D eigenvalue weighted by atomic mass is 127. The fourth-order valence-electron chi connectivity index (χ4n) is 2.76. The minimum absolute atomic E-state index is 0.153. The van der Waals surface area contributed by atoms with Crippen LogP contribution in [0.3, 0.4) is 0 Å². The molecule has 1 aliphatic rings. The molecule has 4 nitrogen and oxygen atoms in total. The zero-order chi connectivity index (χ0) is 14.3. The SMILES string of the molecule is CC1CN(c2cnc3ccc(I)cc3n2)CC(C)(C)O1. The van der Waals surface area contributed by atoms with Crippen LogP contribution in [0.5, 0.6) is 0 Å². The number of hydrogen-bond donors (Lipinski definition) is 0. The van der Waals surface area contributed by atoms with E-state index >= 15 is 0 Å². The van der Waals surface area contributed by atoms with Crippen LogP contribution >= 0.6 is 22.6 Å². The monoisotopic (exact) mass is 383 g/mol. The molecule has 2 heterocycles. The Labute approximate surface area is 132 Å². The maximum Gasteiger partial charge on any atom is 0.148 e. The van der Waals surface area contributed by atoms with Crippen LogP contribution in [0.15, 0.2) is 24.4 Å². The highest BCUT2D eigenvalue weighted by Gasteiger charge is 2.32. The Bertz CT molecular complexity index is 644. The highest BCUT2D eigenvalue weighted by molar-refractivity contribution is 14.1. The first-order valence-corrected chi connectivity index (χ1v) is 7.86. The molecule has 1 aliphatic heterocycles. The topological polar surface area (TPSA) is 38.2 Å². The average Bonchev–Trinajstić information content (AvgIpc) is 2.35. The van der Waals surface area contributed by atoms with Crippen molar-refractivity contribution in [3.8, 4) is 0 Å². The van der Waals surface area contributed by atoms with E-state index in [2.05, 4.69) is 65.4 Å². The van der Waals surface area contributed by atoms with Crippen LogP contribution in [-0.2, 0) is 4.74 Å². The molecule has 0 spiro atoms. The summed E-state index contributed by atoms with van der Waals surface area (Å²) in [7, 11) is 0. The van der Waals surface area contributed by atoms with Crippen molar-refractivity contribution in [2.45, 2.75) is 32.5 Å². The Hall–Kier alpha value is -0.950. The van der Waals surface area contributed by atoms with E-state index in [9.17, 15) is 0 Å². The van der Waals surface area contributed by atoms with Crippen LogP contribution < -0.4 is 4.90 Å². The molecule has 0 saturated carbocycles. The lowest BCUT2D eigenvalue weighted by Gasteiger charge is -2.42. The van der Waals surface area contributed by atoms with Gasteiger partial charge in [0.15, 0.2) is 0 Å². The van der Waals surface area contributed by atoms with E-state index in [1.54, 1.807) is 0 Å². The molecule has 1 saturated heterocycles. The number of aromatic nitrogens is 2. The van der Waals surface area contributed by atoms with Crippen molar-refractivity contribution in [1.82, 2.24) is 9.97 Å². The summed E-state index contributed by atoms with van der Waals surface area (Å²) >= 11 is 2.30. The molecular weight excluding hydrogens is 365 g/mol. The van der Waals surface area contributed by atoms with Gasteiger partial charge < -0.3 is 9.64 Å². The van der Waals surface area contributed by atoms with Crippen LogP contribution in [0.2, 0.25) is 0 Å². The summed E-state index contributed by atoms with van der Waals surface area (Å²) in [6.45, 7) is 8.03. The molecule has 3 rings (SSSR count). The Morgan fingerprint density at radius 2 is 2.15 bits per heavy atom. The lowest BCUT2D eigenvalue weighted by atomic mass is 10.1. The number of rotatable bonds is 1. The van der Waals surface area contributed by atoms with E-state index in [1.165, 1.54) is 3.57 Å². The van der Waals surface area contributed by atoms with E-state index in [0.29, 0.717) is 0 Å². The Morgan fingerprint density at radius 1 is 1.35 bits per heavy atom. The van der Waals surface area contributed by atoms with Gasteiger partial charge in [-0.1, -0.05) is 0 Å². The third-order valence-electron chi connectivity index (χ3n) is 3.38. The standard InChI is InChI=1S/C15H18IN3O/c1-10-8-19(9-15(2,3)20-10)14-7-17-12-5-4-11(16)6-13(12)18-14/h4-7,10H,8-9H2,1-3H3. The summed E-state index contributed by atoms with van der Waals surface area (Å²) in [6.07, 6.45) is 2.07. The van der Waals surface area contributed by atoms with Crippen LogP contribution in [0.1, 0.15) is 20.8 Å². The van der Waals surface area contributed by atoms with E-state index in [1.807, 2.05) is 12.3 Å². The second-order valence-corrected chi connectivity index (χ2v) is 7.18. The number of fused-ring (bicyclic) bond motifs is 1. The maximum absolute atomic E-state index is 5.94. The van der Waals surface area contributed by atoms with Crippen LogP contribution in [0, 0.1) is 3.57 Å². The molecule has 1 unspecified atom stereocenters. The summed E-state index contributed by atoms with van der Waals surface area (Å²) in [5.74, 6) is 0.933. The fraction of sp³-hybridized carbons (Fsp3) is 0.467. The lowest BCUT2D eigenvalue weighted by Crippen LogP contribution is -2.52. The van der Waals surface area contributed by atoms with E-state index in [0.717, 1.165) is 29.9 Å². The molecule has 0 N–H and O–H groups in total. The smallest absolute Gasteiger partial charge is 0.148 e. The van der Waals surface area contributed by atoms with Gasteiger partial charge >= 0.3 is 0 Å². The van der Waals surface area contributed by atoms with Crippen molar-refractivity contribution < 1.29 is 4.74 Å². The summed E-state index contributed by atoms with van der Waals surface area (Å²) in [4.78, 5) is 11.5. The highest BCUT2D eigenvalue weighted by Crippen LogP contribution is 2.25. The number of morpholine rings is 1. The average molecular weight is 383 g/mol. The van der Waals surface area contributed by atoms with Crippen molar-refractivity contribution in [2.24, 2.45) is 0 Å². The van der Waals surface area contributed by atoms with Gasteiger partial charge in [0.25, 0.3) is 0 Å². The molecule has 1 aromatic carbocycles. The van der Waals surface area contributed by atoms with Gasteiger partial charge in [-0.3, -0.25) is 4.98 Å². The summed E-state index contributed by atoms with van der Waals surface area (Å²) in [5, 5.41) is 0. The van der Waals surface area contributed by atoms with Gasteiger partial charge in [0.1, 0.15) is 5.82 Å². The van der Waals surface area contributed by atoms with Crippen molar-refractivity contribution in [2.75, 3.05) is 18.0 Å². The Kier molecular flexibility index (Phi) is 3.58.